The number of rotatable bonds is 3. The largest absolute Gasteiger partial charge is 0.481 e. The highest BCUT2D eigenvalue weighted by Crippen LogP contribution is 2.44. The van der Waals surface area contributed by atoms with Crippen molar-refractivity contribution >= 4 is 15.8 Å². The zero-order valence-electron chi connectivity index (χ0n) is 10.8. The van der Waals surface area contributed by atoms with E-state index in [1.165, 1.54) is 6.26 Å². The minimum absolute atomic E-state index is 0.201. The molecular formula is C13H22O4S. The Bertz CT molecular complexity index is 415. The Morgan fingerprint density at radius 3 is 2.39 bits per heavy atom. The molecule has 0 spiro atoms. The Hall–Kier alpha value is -0.580. The standard InChI is InChI=1S/C13H22O4S/c1-18(16,17)10-5-2-4-9(8-10)11-6-3-7-12(11)13(14)15/h9-12H,2-8H2,1H3,(H,14,15). The van der Waals surface area contributed by atoms with Gasteiger partial charge in [-0.05, 0) is 37.5 Å². The highest BCUT2D eigenvalue weighted by atomic mass is 32.2. The first kappa shape index (κ1) is 13.8. The molecule has 2 fully saturated rings. The second kappa shape index (κ2) is 5.19. The van der Waals surface area contributed by atoms with Crippen LogP contribution in [0.2, 0.25) is 0 Å². The maximum atomic E-state index is 11.6. The summed E-state index contributed by atoms with van der Waals surface area (Å²) in [5.74, 6) is -0.443. The lowest BCUT2D eigenvalue weighted by Crippen LogP contribution is -2.33. The van der Waals surface area contributed by atoms with Crippen molar-refractivity contribution in [3.63, 3.8) is 0 Å². The molecule has 2 rings (SSSR count). The number of sulfone groups is 1. The lowest BCUT2D eigenvalue weighted by molar-refractivity contribution is -0.143. The van der Waals surface area contributed by atoms with Crippen LogP contribution in [0.4, 0.5) is 0 Å². The number of aliphatic carboxylic acids is 1. The minimum atomic E-state index is -2.97. The number of carbonyl (C=O) groups is 1. The van der Waals surface area contributed by atoms with Gasteiger partial charge in [-0.15, -0.1) is 0 Å². The molecule has 18 heavy (non-hydrogen) atoms. The van der Waals surface area contributed by atoms with Gasteiger partial charge < -0.3 is 5.11 Å². The van der Waals surface area contributed by atoms with Crippen LogP contribution in [0, 0.1) is 17.8 Å². The summed E-state index contributed by atoms with van der Waals surface area (Å²) in [7, 11) is -2.97. The molecule has 4 nitrogen and oxygen atoms in total. The van der Waals surface area contributed by atoms with Gasteiger partial charge in [-0.25, -0.2) is 8.42 Å². The van der Waals surface area contributed by atoms with Crippen LogP contribution in [-0.4, -0.2) is 31.0 Å². The van der Waals surface area contributed by atoms with E-state index in [9.17, 15) is 18.3 Å². The topological polar surface area (TPSA) is 71.4 Å². The summed E-state index contributed by atoms with van der Waals surface area (Å²) in [5.41, 5.74) is 0. The van der Waals surface area contributed by atoms with Gasteiger partial charge in [0.2, 0.25) is 0 Å². The van der Waals surface area contributed by atoms with E-state index in [2.05, 4.69) is 0 Å². The fraction of sp³-hybridized carbons (Fsp3) is 0.923. The van der Waals surface area contributed by atoms with Gasteiger partial charge in [0.1, 0.15) is 9.84 Å². The quantitative estimate of drug-likeness (QED) is 0.855. The molecule has 1 N–H and O–H groups in total. The Morgan fingerprint density at radius 2 is 1.78 bits per heavy atom. The van der Waals surface area contributed by atoms with Gasteiger partial charge in [0.05, 0.1) is 11.2 Å². The molecule has 104 valence electrons. The summed E-state index contributed by atoms with van der Waals surface area (Å²) >= 11 is 0. The molecule has 2 aliphatic carbocycles. The molecule has 0 radical (unpaired) electrons. The van der Waals surface area contributed by atoms with Crippen LogP contribution in [0.3, 0.4) is 0 Å². The van der Waals surface area contributed by atoms with Crippen molar-refractivity contribution in [2.24, 2.45) is 17.8 Å². The second-order valence-corrected chi connectivity index (χ2v) is 8.24. The molecule has 0 aliphatic heterocycles. The fourth-order valence-corrected chi connectivity index (χ4v) is 5.01. The van der Waals surface area contributed by atoms with Crippen LogP contribution in [0.1, 0.15) is 44.9 Å². The first-order valence-corrected chi connectivity index (χ1v) is 8.76. The van der Waals surface area contributed by atoms with Crippen LogP contribution in [0.15, 0.2) is 0 Å². The molecule has 0 heterocycles. The summed E-state index contributed by atoms with van der Waals surface area (Å²) < 4.78 is 23.3. The van der Waals surface area contributed by atoms with Gasteiger partial charge in [-0.3, -0.25) is 4.79 Å². The molecule has 0 amide bonds. The van der Waals surface area contributed by atoms with Crippen molar-refractivity contribution in [2.45, 2.75) is 50.2 Å². The van der Waals surface area contributed by atoms with E-state index >= 15 is 0 Å². The molecule has 4 atom stereocenters. The second-order valence-electron chi connectivity index (χ2n) is 5.92. The number of carboxylic acid groups (broad SMARTS) is 1. The molecule has 4 unspecified atom stereocenters. The van der Waals surface area contributed by atoms with Gasteiger partial charge in [0, 0.05) is 6.26 Å². The molecule has 0 aromatic rings. The Labute approximate surface area is 109 Å². The van der Waals surface area contributed by atoms with E-state index < -0.39 is 15.8 Å². The first-order valence-electron chi connectivity index (χ1n) is 6.81. The van der Waals surface area contributed by atoms with Crippen molar-refractivity contribution < 1.29 is 18.3 Å². The number of hydrogen-bond acceptors (Lipinski definition) is 3. The third kappa shape index (κ3) is 2.87. The molecule has 0 aromatic heterocycles. The summed E-state index contributed by atoms with van der Waals surface area (Å²) in [6, 6.07) is 0. The molecular weight excluding hydrogens is 252 g/mol. The Morgan fingerprint density at radius 1 is 1.11 bits per heavy atom. The highest BCUT2D eigenvalue weighted by molar-refractivity contribution is 7.91. The molecule has 2 aliphatic rings. The van der Waals surface area contributed by atoms with Crippen molar-refractivity contribution in [3.05, 3.63) is 0 Å². The third-order valence-corrected chi connectivity index (χ3v) is 6.40. The maximum absolute atomic E-state index is 11.6. The number of carboxylic acids is 1. The predicted molar refractivity (Wildman–Crippen MR) is 69.1 cm³/mol. The Kier molecular flexibility index (Phi) is 3.99. The number of hydrogen-bond donors (Lipinski definition) is 1. The fourth-order valence-electron chi connectivity index (χ4n) is 3.82. The van der Waals surface area contributed by atoms with Gasteiger partial charge in [-0.2, -0.15) is 0 Å². The monoisotopic (exact) mass is 274 g/mol. The van der Waals surface area contributed by atoms with E-state index in [0.717, 1.165) is 38.5 Å². The third-order valence-electron chi connectivity index (χ3n) is 4.76. The summed E-state index contributed by atoms with van der Waals surface area (Å²) in [4.78, 5) is 11.2. The van der Waals surface area contributed by atoms with E-state index in [1.807, 2.05) is 0 Å². The van der Waals surface area contributed by atoms with E-state index in [1.54, 1.807) is 0 Å². The smallest absolute Gasteiger partial charge is 0.306 e. The summed E-state index contributed by atoms with van der Waals surface area (Å²) in [6.45, 7) is 0. The molecule has 0 bridgehead atoms. The first-order chi connectivity index (χ1) is 8.39. The van der Waals surface area contributed by atoms with Crippen molar-refractivity contribution in [2.75, 3.05) is 6.26 Å². The van der Waals surface area contributed by atoms with E-state index in [-0.39, 0.29) is 17.1 Å². The van der Waals surface area contributed by atoms with Crippen LogP contribution in [0.5, 0.6) is 0 Å². The molecule has 0 aromatic carbocycles. The average molecular weight is 274 g/mol. The zero-order chi connectivity index (χ0) is 13.3. The van der Waals surface area contributed by atoms with Crippen molar-refractivity contribution in [3.8, 4) is 0 Å². The minimum Gasteiger partial charge on any atom is -0.481 e. The lowest BCUT2D eigenvalue weighted by atomic mass is 9.75. The van der Waals surface area contributed by atoms with Crippen LogP contribution < -0.4 is 0 Å². The molecule has 0 saturated heterocycles. The summed E-state index contributed by atoms with van der Waals surface area (Å²) in [5, 5.41) is 8.98. The van der Waals surface area contributed by atoms with E-state index in [0.29, 0.717) is 12.3 Å². The maximum Gasteiger partial charge on any atom is 0.306 e. The SMILES string of the molecule is CS(=O)(=O)C1CCCC(C2CCCC2C(=O)O)C1. The van der Waals surface area contributed by atoms with E-state index in [4.69, 9.17) is 0 Å². The van der Waals surface area contributed by atoms with Crippen LogP contribution in [0.25, 0.3) is 0 Å². The normalized spacial score (nSPS) is 37.6. The predicted octanol–water partition coefficient (Wildman–Crippen LogP) is 2.09. The van der Waals surface area contributed by atoms with Crippen molar-refractivity contribution in [1.82, 2.24) is 0 Å². The summed E-state index contributed by atoms with van der Waals surface area (Å²) in [6.07, 6.45) is 7.35. The molecule has 5 heteroatoms. The molecule has 2 saturated carbocycles. The average Bonchev–Trinajstić information content (AvgIpc) is 2.77. The van der Waals surface area contributed by atoms with Crippen LogP contribution in [-0.2, 0) is 14.6 Å². The van der Waals surface area contributed by atoms with Gasteiger partial charge in [-0.1, -0.05) is 19.3 Å². The Balaban J connectivity index is 2.07. The zero-order valence-corrected chi connectivity index (χ0v) is 11.7. The van der Waals surface area contributed by atoms with Gasteiger partial charge in [0.25, 0.3) is 0 Å². The lowest BCUT2D eigenvalue weighted by Gasteiger charge is -2.33. The highest BCUT2D eigenvalue weighted by Gasteiger charge is 2.41. The van der Waals surface area contributed by atoms with Gasteiger partial charge >= 0.3 is 5.97 Å². The van der Waals surface area contributed by atoms with Crippen molar-refractivity contribution in [1.29, 1.82) is 0 Å². The van der Waals surface area contributed by atoms with Crippen LogP contribution >= 0.6 is 0 Å². The van der Waals surface area contributed by atoms with Gasteiger partial charge in [0.15, 0.2) is 0 Å².